The van der Waals surface area contributed by atoms with Crippen LogP contribution in [0.1, 0.15) is 42.9 Å². The molecule has 1 aliphatic heterocycles. The van der Waals surface area contributed by atoms with Gasteiger partial charge in [-0.2, -0.15) is 0 Å². The molecule has 0 aliphatic carbocycles. The van der Waals surface area contributed by atoms with E-state index >= 15 is 0 Å². The Morgan fingerprint density at radius 1 is 1.60 bits per heavy atom. The second-order valence-corrected chi connectivity index (χ2v) is 5.33. The van der Waals surface area contributed by atoms with Crippen molar-refractivity contribution in [2.24, 2.45) is 11.7 Å². The van der Waals surface area contributed by atoms with Gasteiger partial charge in [-0.15, -0.1) is 11.3 Å². The quantitative estimate of drug-likeness (QED) is 0.860. The van der Waals surface area contributed by atoms with E-state index in [2.05, 4.69) is 24.2 Å². The summed E-state index contributed by atoms with van der Waals surface area (Å²) in [5, 5.41) is 3.20. The fraction of sp³-hybridized carbons (Fsp3) is 0.727. The average Bonchev–Trinajstić information content (AvgIpc) is 2.86. The number of nitrogens with zero attached hydrogens (tertiary/aromatic N) is 1. The molecule has 0 saturated carbocycles. The Bertz CT molecular complexity index is 302. The van der Waals surface area contributed by atoms with Gasteiger partial charge in [0.1, 0.15) is 5.01 Å². The SMILES string of the molecule is CC(C)C(N)c1nc(C2CCOC2)cs1. The van der Waals surface area contributed by atoms with E-state index in [0.29, 0.717) is 11.8 Å². The molecule has 0 amide bonds. The lowest BCUT2D eigenvalue weighted by Gasteiger charge is -2.11. The van der Waals surface area contributed by atoms with Crippen LogP contribution in [0.2, 0.25) is 0 Å². The summed E-state index contributed by atoms with van der Waals surface area (Å²) in [4.78, 5) is 4.63. The third kappa shape index (κ3) is 2.38. The lowest BCUT2D eigenvalue weighted by Crippen LogP contribution is -2.16. The largest absolute Gasteiger partial charge is 0.381 e. The predicted molar refractivity (Wildman–Crippen MR) is 62.1 cm³/mol. The van der Waals surface area contributed by atoms with Crippen LogP contribution in [0, 0.1) is 5.92 Å². The second-order valence-electron chi connectivity index (χ2n) is 4.44. The van der Waals surface area contributed by atoms with E-state index in [1.165, 1.54) is 5.69 Å². The van der Waals surface area contributed by atoms with Crippen molar-refractivity contribution in [3.63, 3.8) is 0 Å². The molecular formula is C11H18N2OS. The molecule has 15 heavy (non-hydrogen) atoms. The number of aromatic nitrogens is 1. The standard InChI is InChI=1S/C11H18N2OS/c1-7(2)10(12)11-13-9(6-15-11)8-3-4-14-5-8/h6-8,10H,3-5,12H2,1-2H3. The third-order valence-electron chi connectivity index (χ3n) is 2.89. The summed E-state index contributed by atoms with van der Waals surface area (Å²) in [7, 11) is 0. The highest BCUT2D eigenvalue weighted by Crippen LogP contribution is 2.29. The molecule has 84 valence electrons. The normalized spacial score (nSPS) is 23.6. The maximum absolute atomic E-state index is 6.07. The molecule has 1 aromatic rings. The zero-order valence-electron chi connectivity index (χ0n) is 9.27. The molecule has 2 unspecified atom stereocenters. The molecule has 3 nitrogen and oxygen atoms in total. The van der Waals surface area contributed by atoms with Gasteiger partial charge < -0.3 is 10.5 Å². The highest BCUT2D eigenvalue weighted by Gasteiger charge is 2.22. The van der Waals surface area contributed by atoms with E-state index in [0.717, 1.165) is 24.6 Å². The minimum absolute atomic E-state index is 0.0751. The van der Waals surface area contributed by atoms with Crippen molar-refractivity contribution in [3.8, 4) is 0 Å². The van der Waals surface area contributed by atoms with Crippen LogP contribution < -0.4 is 5.73 Å². The molecule has 0 radical (unpaired) electrons. The minimum atomic E-state index is 0.0751. The summed E-state index contributed by atoms with van der Waals surface area (Å²) in [6, 6.07) is 0.0751. The average molecular weight is 226 g/mol. The summed E-state index contributed by atoms with van der Waals surface area (Å²) in [6.07, 6.45) is 1.10. The van der Waals surface area contributed by atoms with Crippen molar-refractivity contribution < 1.29 is 4.74 Å². The summed E-state index contributed by atoms with van der Waals surface area (Å²) in [5.41, 5.74) is 7.24. The van der Waals surface area contributed by atoms with Crippen LogP contribution >= 0.6 is 11.3 Å². The van der Waals surface area contributed by atoms with E-state index < -0.39 is 0 Å². The van der Waals surface area contributed by atoms with Crippen LogP contribution in [0.15, 0.2) is 5.38 Å². The van der Waals surface area contributed by atoms with Gasteiger partial charge in [0.2, 0.25) is 0 Å². The van der Waals surface area contributed by atoms with Crippen LogP contribution in [0.25, 0.3) is 0 Å². The summed E-state index contributed by atoms with van der Waals surface area (Å²) in [5.74, 6) is 0.943. The van der Waals surface area contributed by atoms with Crippen LogP contribution in [0.5, 0.6) is 0 Å². The molecule has 2 heterocycles. The number of hydrogen-bond acceptors (Lipinski definition) is 4. The molecule has 2 N–H and O–H groups in total. The molecule has 0 bridgehead atoms. The van der Waals surface area contributed by atoms with E-state index in [9.17, 15) is 0 Å². The zero-order chi connectivity index (χ0) is 10.8. The number of ether oxygens (including phenoxy) is 1. The first-order valence-electron chi connectivity index (χ1n) is 5.47. The Hall–Kier alpha value is -0.450. The van der Waals surface area contributed by atoms with E-state index in [1.54, 1.807) is 11.3 Å². The smallest absolute Gasteiger partial charge is 0.110 e. The van der Waals surface area contributed by atoms with E-state index in [4.69, 9.17) is 10.5 Å². The lowest BCUT2D eigenvalue weighted by molar-refractivity contribution is 0.193. The van der Waals surface area contributed by atoms with Gasteiger partial charge in [-0.05, 0) is 12.3 Å². The van der Waals surface area contributed by atoms with Gasteiger partial charge in [0.05, 0.1) is 18.3 Å². The van der Waals surface area contributed by atoms with Crippen molar-refractivity contribution in [1.29, 1.82) is 0 Å². The van der Waals surface area contributed by atoms with Crippen molar-refractivity contribution >= 4 is 11.3 Å². The molecule has 1 aromatic heterocycles. The maximum Gasteiger partial charge on any atom is 0.110 e. The van der Waals surface area contributed by atoms with Crippen molar-refractivity contribution in [1.82, 2.24) is 4.98 Å². The molecule has 1 aliphatic rings. The first-order chi connectivity index (χ1) is 7.18. The Kier molecular flexibility index (Phi) is 3.38. The topological polar surface area (TPSA) is 48.1 Å². The highest BCUT2D eigenvalue weighted by molar-refractivity contribution is 7.09. The first kappa shape index (κ1) is 11.0. The molecule has 0 spiro atoms. The third-order valence-corrected chi connectivity index (χ3v) is 3.86. The fourth-order valence-electron chi connectivity index (χ4n) is 1.69. The van der Waals surface area contributed by atoms with Crippen molar-refractivity contribution in [2.75, 3.05) is 13.2 Å². The number of nitrogens with two attached hydrogens (primary N) is 1. The molecule has 1 fully saturated rings. The Morgan fingerprint density at radius 2 is 2.40 bits per heavy atom. The van der Waals surface area contributed by atoms with Gasteiger partial charge in [-0.3, -0.25) is 0 Å². The van der Waals surface area contributed by atoms with E-state index in [1.807, 2.05) is 0 Å². The molecule has 2 atom stereocenters. The zero-order valence-corrected chi connectivity index (χ0v) is 10.1. The van der Waals surface area contributed by atoms with Crippen molar-refractivity contribution in [3.05, 3.63) is 16.1 Å². The highest BCUT2D eigenvalue weighted by atomic mass is 32.1. The molecular weight excluding hydrogens is 208 g/mol. The van der Waals surface area contributed by atoms with E-state index in [-0.39, 0.29) is 6.04 Å². The number of thiazole rings is 1. The summed E-state index contributed by atoms with van der Waals surface area (Å²) >= 11 is 1.68. The van der Waals surface area contributed by atoms with Crippen LogP contribution in [0.3, 0.4) is 0 Å². The van der Waals surface area contributed by atoms with Gasteiger partial charge in [0.15, 0.2) is 0 Å². The number of hydrogen-bond donors (Lipinski definition) is 1. The van der Waals surface area contributed by atoms with Crippen LogP contribution in [0.4, 0.5) is 0 Å². The second kappa shape index (κ2) is 4.60. The van der Waals surface area contributed by atoms with Crippen LogP contribution in [-0.4, -0.2) is 18.2 Å². The number of rotatable bonds is 3. The Balaban J connectivity index is 2.09. The monoisotopic (exact) mass is 226 g/mol. The molecule has 1 saturated heterocycles. The van der Waals surface area contributed by atoms with Gasteiger partial charge >= 0.3 is 0 Å². The Labute approximate surface area is 94.7 Å². The first-order valence-corrected chi connectivity index (χ1v) is 6.35. The maximum atomic E-state index is 6.07. The molecule has 4 heteroatoms. The summed E-state index contributed by atoms with van der Waals surface area (Å²) in [6.45, 7) is 5.95. The van der Waals surface area contributed by atoms with Crippen LogP contribution in [-0.2, 0) is 4.74 Å². The van der Waals surface area contributed by atoms with Gasteiger partial charge in [0, 0.05) is 17.9 Å². The van der Waals surface area contributed by atoms with Gasteiger partial charge in [-0.1, -0.05) is 13.8 Å². The fourth-order valence-corrected chi connectivity index (χ4v) is 2.77. The lowest BCUT2D eigenvalue weighted by atomic mass is 10.1. The van der Waals surface area contributed by atoms with Crippen molar-refractivity contribution in [2.45, 2.75) is 32.2 Å². The Morgan fingerprint density at radius 3 is 3.00 bits per heavy atom. The minimum Gasteiger partial charge on any atom is -0.381 e. The molecule has 0 aromatic carbocycles. The summed E-state index contributed by atoms with van der Waals surface area (Å²) < 4.78 is 5.36. The predicted octanol–water partition coefficient (Wildman–Crippen LogP) is 2.30. The van der Waals surface area contributed by atoms with Gasteiger partial charge in [-0.25, -0.2) is 4.98 Å². The molecule has 2 rings (SSSR count). The van der Waals surface area contributed by atoms with Gasteiger partial charge in [0.25, 0.3) is 0 Å².